The summed E-state index contributed by atoms with van der Waals surface area (Å²) in [4.78, 5) is 22.6. The topological polar surface area (TPSA) is 108 Å². The molecule has 0 bridgehead atoms. The first-order valence-electron chi connectivity index (χ1n) is 11.4. The van der Waals surface area contributed by atoms with Gasteiger partial charge in [-0.3, -0.25) is 4.90 Å². The summed E-state index contributed by atoms with van der Waals surface area (Å²) in [5.74, 6) is 0.928. The molecule has 9 nitrogen and oxygen atoms in total. The normalized spacial score (nSPS) is 33.0. The predicted molar refractivity (Wildman–Crippen MR) is 118 cm³/mol. The second-order valence-corrected chi connectivity index (χ2v) is 12.0. The fourth-order valence-corrected chi connectivity index (χ4v) is 7.12. The summed E-state index contributed by atoms with van der Waals surface area (Å²) in [6.45, 7) is 0.636. The average molecular weight is 504 g/mol. The smallest absolute Gasteiger partial charge is 0.410 e. The summed E-state index contributed by atoms with van der Waals surface area (Å²) in [7, 11) is -2.10. The Morgan fingerprint density at radius 3 is 2.68 bits per heavy atom. The van der Waals surface area contributed by atoms with Crippen LogP contribution in [0.2, 0.25) is 0 Å². The Labute approximate surface area is 198 Å². The highest BCUT2D eigenvalue weighted by Gasteiger charge is 2.60. The molecule has 2 saturated carbocycles. The third-order valence-electron chi connectivity index (χ3n) is 7.56. The van der Waals surface area contributed by atoms with Gasteiger partial charge in [0.1, 0.15) is 5.82 Å². The molecule has 2 heterocycles. The average Bonchev–Trinajstić information content (AvgIpc) is 3.40. The molecule has 34 heavy (non-hydrogen) atoms. The summed E-state index contributed by atoms with van der Waals surface area (Å²) in [5, 5.41) is -0.699. The lowest BCUT2D eigenvalue weighted by molar-refractivity contribution is -0.0509. The molecule has 3 aliphatic rings. The molecule has 1 aliphatic heterocycles. The molecule has 4 rings (SSSR count). The van der Waals surface area contributed by atoms with E-state index in [0.717, 1.165) is 25.7 Å². The minimum atomic E-state index is -3.38. The van der Waals surface area contributed by atoms with Crippen LogP contribution < -0.4 is 4.74 Å². The number of amides is 1. The second-order valence-electron chi connectivity index (χ2n) is 9.71. The number of methoxy groups -OCH3 is 1. The van der Waals surface area contributed by atoms with Gasteiger partial charge in [0.2, 0.25) is 0 Å². The number of rotatable bonds is 7. The number of aryl methyl sites for hydroxylation is 1. The molecule has 1 aromatic rings. The Morgan fingerprint density at radius 2 is 2.09 bits per heavy atom. The Bertz CT molecular complexity index is 1040. The molecule has 0 aromatic carbocycles. The van der Waals surface area contributed by atoms with Crippen LogP contribution in [0.3, 0.4) is 0 Å². The van der Waals surface area contributed by atoms with Crippen molar-refractivity contribution < 1.29 is 36.2 Å². The first-order valence-corrected chi connectivity index (χ1v) is 13.4. The molecular formula is C22H31F2N3O6S. The van der Waals surface area contributed by atoms with Crippen LogP contribution in [0.4, 0.5) is 13.6 Å². The summed E-state index contributed by atoms with van der Waals surface area (Å²) in [6, 6.07) is -0.864. The number of likely N-dealkylation sites (tertiary alicyclic amines) is 1. The molecule has 1 aromatic heterocycles. The van der Waals surface area contributed by atoms with E-state index < -0.39 is 33.8 Å². The number of nitrogens with zero attached hydrogens (tertiary/aromatic N) is 3. The Kier molecular flexibility index (Phi) is 6.75. The van der Waals surface area contributed by atoms with Crippen molar-refractivity contribution in [2.75, 3.05) is 20.0 Å². The largest absolute Gasteiger partial charge is 0.453 e. The van der Waals surface area contributed by atoms with Gasteiger partial charge >= 0.3 is 12.7 Å². The lowest BCUT2D eigenvalue weighted by Crippen LogP contribution is -2.47. The summed E-state index contributed by atoms with van der Waals surface area (Å²) in [5.41, 5.74) is 0.206. The zero-order chi connectivity index (χ0) is 24.8. The van der Waals surface area contributed by atoms with Crippen molar-refractivity contribution >= 4 is 15.9 Å². The minimum absolute atomic E-state index is 0.0225. The monoisotopic (exact) mass is 503 g/mol. The van der Waals surface area contributed by atoms with E-state index in [1.54, 1.807) is 6.92 Å². The molecule has 0 spiro atoms. The second kappa shape index (κ2) is 9.18. The number of alkyl halides is 2. The zero-order valence-electron chi connectivity index (χ0n) is 19.7. The van der Waals surface area contributed by atoms with Gasteiger partial charge in [-0.25, -0.2) is 23.2 Å². The lowest BCUT2D eigenvalue weighted by Gasteiger charge is -2.32. The van der Waals surface area contributed by atoms with Crippen molar-refractivity contribution in [2.24, 2.45) is 5.92 Å². The van der Waals surface area contributed by atoms with Crippen LogP contribution in [0.25, 0.3) is 0 Å². The van der Waals surface area contributed by atoms with Gasteiger partial charge in [-0.1, -0.05) is 0 Å². The fraction of sp³-hybridized carbons (Fsp3) is 0.773. The van der Waals surface area contributed by atoms with Gasteiger partial charge in [-0.15, -0.1) is 0 Å². The zero-order valence-corrected chi connectivity index (χ0v) is 20.6. The van der Waals surface area contributed by atoms with Crippen LogP contribution >= 0.6 is 0 Å². The molecule has 1 amide bonds. The van der Waals surface area contributed by atoms with E-state index in [9.17, 15) is 22.0 Å². The van der Waals surface area contributed by atoms with Gasteiger partial charge in [-0.2, -0.15) is 8.78 Å². The maximum Gasteiger partial charge on any atom is 0.410 e. The van der Waals surface area contributed by atoms with E-state index >= 15 is 0 Å². The standard InChI is InChI=1S/C22H31F2N3O6S/c1-12-7-18(34(4,29)30)16(27(12)21(28)31-3)11-32-15-5-6-22(9-14(22)8-15)19-25-10-17(13(2)26-19)33-20(23)24/h10,12,14-16,18,20H,5-9,11H2,1-4H3/t12-,14?,15?,16-,18+,22?/m1/s1. The van der Waals surface area contributed by atoms with E-state index in [1.165, 1.54) is 24.5 Å². The van der Waals surface area contributed by atoms with Crippen LogP contribution in [-0.2, 0) is 24.7 Å². The van der Waals surface area contributed by atoms with E-state index in [0.29, 0.717) is 23.9 Å². The third-order valence-corrected chi connectivity index (χ3v) is 9.17. The SMILES string of the molecule is COC(=O)N1[C@H](C)C[C@H](S(C)(=O)=O)[C@H]1COC1CCC2(c3ncc(OC(F)F)c(C)n3)CC2C1. The molecule has 2 aliphatic carbocycles. The van der Waals surface area contributed by atoms with Crippen LogP contribution in [0.15, 0.2) is 6.20 Å². The molecular weight excluding hydrogens is 472 g/mol. The number of hydrogen-bond donors (Lipinski definition) is 0. The molecule has 3 unspecified atom stereocenters. The van der Waals surface area contributed by atoms with Gasteiger partial charge in [-0.05, 0) is 51.9 Å². The molecule has 190 valence electrons. The van der Waals surface area contributed by atoms with Gasteiger partial charge in [0.05, 0.1) is 43.0 Å². The van der Waals surface area contributed by atoms with Crippen molar-refractivity contribution in [3.8, 4) is 5.75 Å². The maximum atomic E-state index is 12.5. The predicted octanol–water partition coefficient (Wildman–Crippen LogP) is 2.86. The molecule has 1 saturated heterocycles. The van der Waals surface area contributed by atoms with Gasteiger partial charge in [0.15, 0.2) is 15.6 Å². The van der Waals surface area contributed by atoms with Crippen molar-refractivity contribution in [2.45, 2.75) is 81.4 Å². The minimum Gasteiger partial charge on any atom is -0.453 e. The Morgan fingerprint density at radius 1 is 1.35 bits per heavy atom. The summed E-state index contributed by atoms with van der Waals surface area (Å²) >= 11 is 0. The number of ether oxygens (including phenoxy) is 3. The third kappa shape index (κ3) is 4.71. The van der Waals surface area contributed by atoms with E-state index in [4.69, 9.17) is 9.47 Å². The van der Waals surface area contributed by atoms with Crippen LogP contribution in [0.1, 0.15) is 50.5 Å². The number of halogens is 2. The Hall–Kier alpha value is -2.08. The van der Waals surface area contributed by atoms with Crippen molar-refractivity contribution in [3.63, 3.8) is 0 Å². The van der Waals surface area contributed by atoms with E-state index in [1.807, 2.05) is 6.92 Å². The Balaban J connectivity index is 1.40. The highest BCUT2D eigenvalue weighted by molar-refractivity contribution is 7.91. The van der Waals surface area contributed by atoms with Crippen molar-refractivity contribution in [3.05, 3.63) is 17.7 Å². The highest BCUT2D eigenvalue weighted by Crippen LogP contribution is 2.61. The maximum absolute atomic E-state index is 12.5. The number of carbonyl (C=O) groups excluding carboxylic acids is 1. The molecule has 0 N–H and O–H groups in total. The van der Waals surface area contributed by atoms with Gasteiger partial charge < -0.3 is 14.2 Å². The van der Waals surface area contributed by atoms with Crippen LogP contribution in [0.5, 0.6) is 5.75 Å². The van der Waals surface area contributed by atoms with Gasteiger partial charge in [0.25, 0.3) is 0 Å². The molecule has 3 fully saturated rings. The summed E-state index contributed by atoms with van der Waals surface area (Å²) < 4.78 is 65.3. The quantitative estimate of drug-likeness (QED) is 0.559. The number of fused-ring (bicyclic) bond motifs is 1. The van der Waals surface area contributed by atoms with Crippen molar-refractivity contribution in [1.82, 2.24) is 14.9 Å². The van der Waals surface area contributed by atoms with Gasteiger partial charge in [0, 0.05) is 17.7 Å². The first kappa shape index (κ1) is 25.0. The summed E-state index contributed by atoms with van der Waals surface area (Å²) in [6.07, 6.45) is 5.40. The highest BCUT2D eigenvalue weighted by atomic mass is 32.2. The van der Waals surface area contributed by atoms with E-state index in [-0.39, 0.29) is 29.9 Å². The first-order chi connectivity index (χ1) is 16.0. The molecule has 12 heteroatoms. The number of sulfone groups is 1. The molecule has 6 atom stereocenters. The molecule has 0 radical (unpaired) electrons. The number of aromatic nitrogens is 2. The van der Waals surface area contributed by atoms with Crippen molar-refractivity contribution in [1.29, 1.82) is 0 Å². The number of carbonyl (C=O) groups is 1. The van der Waals surface area contributed by atoms with Crippen LogP contribution in [0, 0.1) is 12.8 Å². The lowest BCUT2D eigenvalue weighted by atomic mass is 9.86. The van der Waals surface area contributed by atoms with E-state index in [2.05, 4.69) is 14.7 Å². The van der Waals surface area contributed by atoms with Crippen LogP contribution in [-0.4, -0.2) is 79.4 Å². The fourth-order valence-electron chi connectivity index (χ4n) is 5.71. The number of hydrogen-bond acceptors (Lipinski definition) is 8.